The van der Waals surface area contributed by atoms with Crippen molar-refractivity contribution < 1.29 is 0 Å². The number of aromatic nitrogens is 3. The van der Waals surface area contributed by atoms with Gasteiger partial charge in [0.05, 0.1) is 15.7 Å². The van der Waals surface area contributed by atoms with E-state index in [-0.39, 0.29) is 0 Å². The normalized spacial score (nSPS) is 11.2. The van der Waals surface area contributed by atoms with Crippen LogP contribution in [0.5, 0.6) is 0 Å². The van der Waals surface area contributed by atoms with Crippen LogP contribution in [0.4, 0.5) is 0 Å². The molecule has 0 saturated carbocycles. The van der Waals surface area contributed by atoms with Crippen LogP contribution in [0.1, 0.15) is 0 Å². The van der Waals surface area contributed by atoms with Gasteiger partial charge in [-0.3, -0.25) is 0 Å². The monoisotopic (exact) mass is 371 g/mol. The average molecular weight is 371 g/mol. The first-order chi connectivity index (χ1) is 12.9. The maximum Gasteiger partial charge on any atom is 0.161 e. The third-order valence-corrected chi connectivity index (χ3v) is 6.16. The quantitative estimate of drug-likeness (QED) is 0.361. The van der Waals surface area contributed by atoms with Gasteiger partial charge in [-0.15, -0.1) is 11.3 Å². The Morgan fingerprint density at radius 3 is 2.23 bits per heavy atom. The van der Waals surface area contributed by atoms with E-state index in [2.05, 4.69) is 12.1 Å². The van der Waals surface area contributed by atoms with Gasteiger partial charge >= 0.3 is 0 Å². The molecule has 0 aliphatic carbocycles. The minimum atomic E-state index is 0.743. The summed E-state index contributed by atoms with van der Waals surface area (Å²) in [6.07, 6.45) is 0. The highest BCUT2D eigenvalue weighted by Gasteiger charge is 2.13. The molecule has 0 bridgehead atoms. The number of thiazole rings is 1. The third kappa shape index (κ3) is 2.85. The topological polar surface area (TPSA) is 38.7 Å². The van der Waals surface area contributed by atoms with Crippen LogP contribution in [0.25, 0.3) is 32.5 Å². The summed E-state index contributed by atoms with van der Waals surface area (Å²) in [4.78, 5) is 14.3. The lowest BCUT2D eigenvalue weighted by Gasteiger charge is -2.07. The number of nitrogens with zero attached hydrogens (tertiary/aromatic N) is 3. The van der Waals surface area contributed by atoms with E-state index in [4.69, 9.17) is 15.0 Å². The molecule has 3 nitrogen and oxygen atoms in total. The van der Waals surface area contributed by atoms with E-state index in [0.29, 0.717) is 0 Å². The van der Waals surface area contributed by atoms with Gasteiger partial charge in [0.15, 0.2) is 10.2 Å². The Hall–Kier alpha value is -2.76. The summed E-state index contributed by atoms with van der Waals surface area (Å²) in [6, 6.07) is 26.4. The molecule has 0 atom stereocenters. The zero-order valence-electron chi connectivity index (χ0n) is 13.7. The molecule has 2 aromatic heterocycles. The summed E-state index contributed by atoms with van der Waals surface area (Å²) in [5, 5.41) is 1.99. The van der Waals surface area contributed by atoms with Gasteiger partial charge in [0, 0.05) is 10.9 Å². The standard InChI is InChI=1S/C21H13N3S2/c1-2-8-14(9-3-1)19-22-16-11-5-4-10-15(16)20(24-19)26-21-23-17-12-6-7-13-18(17)25-21/h1-13H. The zero-order valence-corrected chi connectivity index (χ0v) is 15.3. The lowest BCUT2D eigenvalue weighted by molar-refractivity contribution is 1.11. The maximum atomic E-state index is 4.86. The molecule has 5 rings (SSSR count). The summed E-state index contributed by atoms with van der Waals surface area (Å²) < 4.78 is 2.19. The van der Waals surface area contributed by atoms with Crippen LogP contribution < -0.4 is 0 Å². The molecular formula is C21H13N3S2. The Balaban J connectivity index is 1.65. The largest absolute Gasteiger partial charge is 0.229 e. The number of hydrogen-bond acceptors (Lipinski definition) is 5. The highest BCUT2D eigenvalue weighted by molar-refractivity contribution is 8.01. The third-order valence-electron chi connectivity index (χ3n) is 4.06. The molecule has 0 saturated heterocycles. The predicted molar refractivity (Wildman–Crippen MR) is 109 cm³/mol. The highest BCUT2D eigenvalue weighted by Crippen LogP contribution is 2.37. The van der Waals surface area contributed by atoms with Gasteiger partial charge in [-0.2, -0.15) is 0 Å². The van der Waals surface area contributed by atoms with Crippen molar-refractivity contribution in [2.75, 3.05) is 0 Å². The second-order valence-electron chi connectivity index (χ2n) is 5.79. The number of rotatable bonds is 3. The second kappa shape index (κ2) is 6.52. The fourth-order valence-electron chi connectivity index (χ4n) is 2.82. The molecule has 0 amide bonds. The first-order valence-electron chi connectivity index (χ1n) is 8.22. The Labute approximate surface area is 158 Å². The summed E-state index contributed by atoms with van der Waals surface area (Å²) in [6.45, 7) is 0. The van der Waals surface area contributed by atoms with E-state index in [9.17, 15) is 0 Å². The van der Waals surface area contributed by atoms with E-state index >= 15 is 0 Å². The van der Waals surface area contributed by atoms with Gasteiger partial charge in [-0.25, -0.2) is 15.0 Å². The van der Waals surface area contributed by atoms with Crippen LogP contribution in [-0.2, 0) is 0 Å². The molecule has 0 aliphatic heterocycles. The first-order valence-corrected chi connectivity index (χ1v) is 9.86. The van der Waals surface area contributed by atoms with E-state index in [1.807, 2.05) is 66.7 Å². The van der Waals surface area contributed by atoms with E-state index in [1.165, 1.54) is 4.70 Å². The van der Waals surface area contributed by atoms with Crippen molar-refractivity contribution in [3.8, 4) is 11.4 Å². The molecule has 124 valence electrons. The molecule has 0 spiro atoms. The fourth-order valence-corrected chi connectivity index (χ4v) is 4.91. The van der Waals surface area contributed by atoms with Crippen LogP contribution in [0.3, 0.4) is 0 Å². The van der Waals surface area contributed by atoms with Gasteiger partial charge in [0.2, 0.25) is 0 Å². The molecule has 0 N–H and O–H groups in total. The lowest BCUT2D eigenvalue weighted by atomic mass is 10.2. The molecule has 0 unspecified atom stereocenters. The minimum Gasteiger partial charge on any atom is -0.229 e. The van der Waals surface area contributed by atoms with E-state index < -0.39 is 0 Å². The second-order valence-corrected chi connectivity index (χ2v) is 8.05. The Kier molecular flexibility index (Phi) is 3.88. The van der Waals surface area contributed by atoms with Crippen molar-refractivity contribution in [3.05, 3.63) is 78.9 Å². The number of para-hydroxylation sites is 2. The van der Waals surface area contributed by atoms with E-state index in [0.717, 1.165) is 37.2 Å². The summed E-state index contributed by atoms with van der Waals surface area (Å²) in [7, 11) is 0. The van der Waals surface area contributed by atoms with E-state index in [1.54, 1.807) is 23.1 Å². The molecular weight excluding hydrogens is 358 g/mol. The van der Waals surface area contributed by atoms with Crippen molar-refractivity contribution in [1.82, 2.24) is 15.0 Å². The van der Waals surface area contributed by atoms with Crippen molar-refractivity contribution in [2.24, 2.45) is 0 Å². The minimum absolute atomic E-state index is 0.743. The molecule has 2 heterocycles. The Bertz CT molecular complexity index is 1180. The molecule has 0 radical (unpaired) electrons. The van der Waals surface area contributed by atoms with Crippen LogP contribution >= 0.6 is 23.1 Å². The van der Waals surface area contributed by atoms with Crippen LogP contribution in [0.15, 0.2) is 88.2 Å². The zero-order chi connectivity index (χ0) is 17.3. The van der Waals surface area contributed by atoms with Crippen LogP contribution in [0, 0.1) is 0 Å². The number of benzene rings is 3. The lowest BCUT2D eigenvalue weighted by Crippen LogP contribution is -1.93. The van der Waals surface area contributed by atoms with Crippen molar-refractivity contribution in [2.45, 2.75) is 9.37 Å². The number of fused-ring (bicyclic) bond motifs is 2. The number of hydrogen-bond donors (Lipinski definition) is 0. The van der Waals surface area contributed by atoms with Gasteiger partial charge in [-0.1, -0.05) is 60.7 Å². The van der Waals surface area contributed by atoms with Crippen molar-refractivity contribution in [1.29, 1.82) is 0 Å². The fraction of sp³-hybridized carbons (Fsp3) is 0. The summed E-state index contributed by atoms with van der Waals surface area (Å²) in [5.41, 5.74) is 3.00. The van der Waals surface area contributed by atoms with Crippen LogP contribution in [-0.4, -0.2) is 15.0 Å². The maximum absolute atomic E-state index is 4.86. The van der Waals surface area contributed by atoms with Gasteiger partial charge in [0.25, 0.3) is 0 Å². The molecule has 3 aromatic carbocycles. The van der Waals surface area contributed by atoms with Gasteiger partial charge in [-0.05, 0) is 30.0 Å². The molecule has 5 aromatic rings. The molecule has 26 heavy (non-hydrogen) atoms. The first kappa shape index (κ1) is 15.5. The van der Waals surface area contributed by atoms with Crippen molar-refractivity contribution in [3.63, 3.8) is 0 Å². The summed E-state index contributed by atoms with van der Waals surface area (Å²) in [5.74, 6) is 0.743. The average Bonchev–Trinajstić information content (AvgIpc) is 3.11. The Morgan fingerprint density at radius 1 is 0.654 bits per heavy atom. The van der Waals surface area contributed by atoms with Crippen LogP contribution in [0.2, 0.25) is 0 Å². The SMILES string of the molecule is c1ccc(-c2nc(Sc3nc4ccccc4s3)c3ccccc3n2)cc1. The highest BCUT2D eigenvalue weighted by atomic mass is 32.2. The van der Waals surface area contributed by atoms with Gasteiger partial charge in [0.1, 0.15) is 5.03 Å². The smallest absolute Gasteiger partial charge is 0.161 e. The molecule has 0 fully saturated rings. The summed E-state index contributed by atoms with van der Waals surface area (Å²) >= 11 is 3.30. The predicted octanol–water partition coefficient (Wildman–Crippen LogP) is 6.06. The molecule has 0 aliphatic rings. The van der Waals surface area contributed by atoms with Crippen molar-refractivity contribution >= 4 is 44.2 Å². The molecule has 5 heteroatoms. The Morgan fingerprint density at radius 2 is 1.38 bits per heavy atom. The van der Waals surface area contributed by atoms with Gasteiger partial charge < -0.3 is 0 Å².